The van der Waals surface area contributed by atoms with Gasteiger partial charge in [0.1, 0.15) is 12.1 Å². The number of halogens is 1. The normalized spacial score (nSPS) is 22.4. The molecule has 1 heterocycles. The second-order valence-electron chi connectivity index (χ2n) is 6.50. The summed E-state index contributed by atoms with van der Waals surface area (Å²) in [5.41, 5.74) is 6.52. The van der Waals surface area contributed by atoms with Crippen molar-refractivity contribution in [3.63, 3.8) is 0 Å². The van der Waals surface area contributed by atoms with Crippen LogP contribution in [0.5, 0.6) is 0 Å². The number of nitrogens with two attached hydrogens (primary N) is 1. The Morgan fingerprint density at radius 1 is 1.40 bits per heavy atom. The fourth-order valence-electron chi connectivity index (χ4n) is 3.37. The monoisotopic (exact) mass is 366 g/mol. The van der Waals surface area contributed by atoms with Gasteiger partial charge in [-0.05, 0) is 37.3 Å². The number of nitrogens with one attached hydrogen (secondary N) is 2. The Morgan fingerprint density at radius 3 is 2.84 bits per heavy atom. The van der Waals surface area contributed by atoms with Crippen molar-refractivity contribution in [3.05, 3.63) is 35.4 Å². The van der Waals surface area contributed by atoms with Crippen molar-refractivity contribution in [2.24, 2.45) is 5.73 Å². The molecule has 1 saturated heterocycles. The fraction of sp³-hybridized carbons (Fsp3) is 0.471. The molecule has 2 aliphatic rings. The van der Waals surface area contributed by atoms with Crippen LogP contribution in [0.2, 0.25) is 0 Å². The molecule has 2 unspecified atom stereocenters. The molecular weight excluding hydrogens is 344 g/mol. The number of rotatable bonds is 5. The Morgan fingerprint density at radius 2 is 2.12 bits per heavy atom. The van der Waals surface area contributed by atoms with Crippen molar-refractivity contribution >= 4 is 30.3 Å². The number of fused-ring (bicyclic) bond motifs is 2. The van der Waals surface area contributed by atoms with Gasteiger partial charge in [-0.2, -0.15) is 0 Å². The summed E-state index contributed by atoms with van der Waals surface area (Å²) in [6.07, 6.45) is 1.90. The van der Waals surface area contributed by atoms with Crippen LogP contribution in [0, 0.1) is 0 Å². The second-order valence-corrected chi connectivity index (χ2v) is 6.50. The summed E-state index contributed by atoms with van der Waals surface area (Å²) in [6, 6.07) is 7.08. The molecule has 0 saturated carbocycles. The fourth-order valence-corrected chi connectivity index (χ4v) is 3.37. The summed E-state index contributed by atoms with van der Waals surface area (Å²) >= 11 is 0. The Kier molecular flexibility index (Phi) is 5.69. The van der Waals surface area contributed by atoms with Gasteiger partial charge >= 0.3 is 6.03 Å². The maximum absolute atomic E-state index is 12.9. The number of hydrogen-bond donors (Lipinski definition) is 3. The third kappa shape index (κ3) is 3.48. The van der Waals surface area contributed by atoms with E-state index in [-0.39, 0.29) is 36.8 Å². The first-order chi connectivity index (χ1) is 11.4. The van der Waals surface area contributed by atoms with Crippen LogP contribution in [-0.2, 0) is 21.5 Å². The lowest BCUT2D eigenvalue weighted by Gasteiger charge is -2.22. The number of hydrogen-bond acceptors (Lipinski definition) is 4. The van der Waals surface area contributed by atoms with E-state index in [0.29, 0.717) is 19.4 Å². The topological polar surface area (TPSA) is 105 Å². The molecule has 136 valence electrons. The first-order valence-electron chi connectivity index (χ1n) is 8.19. The summed E-state index contributed by atoms with van der Waals surface area (Å²) in [5, 5.41) is 5.49. The largest absolute Gasteiger partial charge is 0.354 e. The van der Waals surface area contributed by atoms with E-state index >= 15 is 0 Å². The SMILES string of the molecule is CC(N)CCNC(=O)CN1C(=O)NC2(CCc3ccccc32)C1=O.Cl. The Labute approximate surface area is 152 Å². The van der Waals surface area contributed by atoms with Gasteiger partial charge in [0.25, 0.3) is 5.91 Å². The first-order valence-corrected chi connectivity index (χ1v) is 8.19. The quantitative estimate of drug-likeness (QED) is 0.665. The van der Waals surface area contributed by atoms with Crippen molar-refractivity contribution in [1.29, 1.82) is 0 Å². The van der Waals surface area contributed by atoms with E-state index in [1.165, 1.54) is 0 Å². The highest BCUT2D eigenvalue weighted by Crippen LogP contribution is 2.41. The molecule has 1 spiro atoms. The molecule has 1 aliphatic carbocycles. The third-order valence-corrected chi connectivity index (χ3v) is 4.65. The Balaban J connectivity index is 0.00000225. The number of amides is 4. The average Bonchev–Trinajstić information content (AvgIpc) is 3.02. The minimum Gasteiger partial charge on any atom is -0.354 e. The molecule has 0 bridgehead atoms. The second kappa shape index (κ2) is 7.41. The molecule has 4 amide bonds. The molecule has 1 aliphatic heterocycles. The summed E-state index contributed by atoms with van der Waals surface area (Å²) in [4.78, 5) is 38.1. The van der Waals surface area contributed by atoms with E-state index in [9.17, 15) is 14.4 Å². The maximum Gasteiger partial charge on any atom is 0.325 e. The van der Waals surface area contributed by atoms with Gasteiger partial charge in [0.05, 0.1) is 0 Å². The Hall–Kier alpha value is -2.12. The van der Waals surface area contributed by atoms with Crippen molar-refractivity contribution in [3.8, 4) is 0 Å². The van der Waals surface area contributed by atoms with Crippen LogP contribution < -0.4 is 16.4 Å². The summed E-state index contributed by atoms with van der Waals surface area (Å²) in [5.74, 6) is -0.706. The summed E-state index contributed by atoms with van der Waals surface area (Å²) < 4.78 is 0. The van der Waals surface area contributed by atoms with Crippen molar-refractivity contribution in [2.75, 3.05) is 13.1 Å². The van der Waals surface area contributed by atoms with Crippen molar-refractivity contribution in [1.82, 2.24) is 15.5 Å². The smallest absolute Gasteiger partial charge is 0.325 e. The lowest BCUT2D eigenvalue weighted by Crippen LogP contribution is -2.44. The zero-order chi connectivity index (χ0) is 17.3. The zero-order valence-electron chi connectivity index (χ0n) is 14.1. The number of aryl methyl sites for hydroxylation is 1. The van der Waals surface area contributed by atoms with Crippen molar-refractivity contribution < 1.29 is 14.4 Å². The van der Waals surface area contributed by atoms with E-state index < -0.39 is 11.6 Å². The number of nitrogens with zero attached hydrogens (tertiary/aromatic N) is 1. The van der Waals surface area contributed by atoms with E-state index in [4.69, 9.17) is 5.73 Å². The minimum atomic E-state index is -1.01. The number of carbonyl (C=O) groups excluding carboxylic acids is 3. The Bertz CT molecular complexity index is 694. The van der Waals surface area contributed by atoms with E-state index in [1.54, 1.807) is 0 Å². The van der Waals surface area contributed by atoms with Gasteiger partial charge in [0.2, 0.25) is 5.91 Å². The van der Waals surface area contributed by atoms with Gasteiger partial charge in [-0.25, -0.2) is 4.79 Å². The third-order valence-electron chi connectivity index (χ3n) is 4.65. The first kappa shape index (κ1) is 19.2. The highest BCUT2D eigenvalue weighted by atomic mass is 35.5. The van der Waals surface area contributed by atoms with E-state index in [0.717, 1.165) is 22.4 Å². The molecule has 3 rings (SSSR count). The molecule has 2 atom stereocenters. The van der Waals surface area contributed by atoms with Gasteiger partial charge in [-0.3, -0.25) is 14.5 Å². The molecule has 1 fully saturated rings. The molecule has 1 aromatic rings. The number of imide groups is 1. The van der Waals surface area contributed by atoms with Crippen LogP contribution in [0.1, 0.15) is 30.9 Å². The summed E-state index contributed by atoms with van der Waals surface area (Å²) in [6.45, 7) is 2.01. The highest BCUT2D eigenvalue weighted by Gasteiger charge is 2.55. The van der Waals surface area contributed by atoms with E-state index in [2.05, 4.69) is 10.6 Å². The average molecular weight is 367 g/mol. The molecule has 7 nitrogen and oxygen atoms in total. The van der Waals surface area contributed by atoms with Gasteiger partial charge in [-0.15, -0.1) is 12.4 Å². The maximum atomic E-state index is 12.9. The molecule has 4 N–H and O–H groups in total. The molecule has 1 aromatic carbocycles. The number of benzene rings is 1. The van der Waals surface area contributed by atoms with E-state index in [1.807, 2.05) is 31.2 Å². The number of carbonyl (C=O) groups is 3. The number of urea groups is 1. The van der Waals surface area contributed by atoms with Crippen LogP contribution >= 0.6 is 12.4 Å². The predicted molar refractivity (Wildman–Crippen MR) is 95.2 cm³/mol. The standard InChI is InChI=1S/C17H22N4O3.ClH/c1-11(18)7-9-19-14(22)10-21-15(23)17(20-16(21)24)8-6-12-4-2-3-5-13(12)17;/h2-5,11H,6-10,18H2,1H3,(H,19,22)(H,20,24);1H. The molecule has 0 aromatic heterocycles. The van der Waals surface area contributed by atoms with Gasteiger partial charge in [0.15, 0.2) is 0 Å². The zero-order valence-corrected chi connectivity index (χ0v) is 14.9. The molecule has 25 heavy (non-hydrogen) atoms. The van der Waals surface area contributed by atoms with Crippen LogP contribution in [0.15, 0.2) is 24.3 Å². The van der Waals surface area contributed by atoms with Gasteiger partial charge in [-0.1, -0.05) is 24.3 Å². The highest BCUT2D eigenvalue weighted by molar-refractivity contribution is 6.09. The molecule has 8 heteroatoms. The van der Waals surface area contributed by atoms with Crippen molar-refractivity contribution in [2.45, 2.75) is 37.8 Å². The summed E-state index contributed by atoms with van der Waals surface area (Å²) in [7, 11) is 0. The van der Waals surface area contributed by atoms with Gasteiger partial charge in [0, 0.05) is 12.6 Å². The van der Waals surface area contributed by atoms with Crippen LogP contribution in [-0.4, -0.2) is 41.9 Å². The molecular formula is C17H23ClN4O3. The lowest BCUT2D eigenvalue weighted by atomic mass is 9.92. The van der Waals surface area contributed by atoms with Crippen LogP contribution in [0.4, 0.5) is 4.79 Å². The van der Waals surface area contributed by atoms with Crippen LogP contribution in [0.25, 0.3) is 0 Å². The van der Waals surface area contributed by atoms with Gasteiger partial charge < -0.3 is 16.4 Å². The predicted octanol–water partition coefficient (Wildman–Crippen LogP) is 0.655. The molecule has 0 radical (unpaired) electrons. The lowest BCUT2D eigenvalue weighted by molar-refractivity contribution is -0.135. The minimum absolute atomic E-state index is 0. The van der Waals surface area contributed by atoms with Crippen LogP contribution in [0.3, 0.4) is 0 Å².